The number of hydrogen-bond acceptors (Lipinski definition) is 9. The van der Waals surface area contributed by atoms with Crippen LogP contribution < -0.4 is 16.6 Å². The van der Waals surface area contributed by atoms with Crippen LogP contribution in [-0.2, 0) is 27.9 Å². The summed E-state index contributed by atoms with van der Waals surface area (Å²) in [7, 11) is -5.27. The first-order valence-corrected chi connectivity index (χ1v) is 28.9. The number of carbonyl (C=O) groups excluding carboxylic acids is 2. The van der Waals surface area contributed by atoms with E-state index in [9.17, 15) is 19.2 Å². The van der Waals surface area contributed by atoms with Crippen LogP contribution in [0.1, 0.15) is 158 Å². The Bertz CT molecular complexity index is 1700. The second kappa shape index (κ2) is 23.8. The molecule has 2 aliphatic rings. The fraction of sp³-hybridized carbons (Fsp3) is 0.864. The highest BCUT2D eigenvalue weighted by molar-refractivity contribution is 6.74. The van der Waals surface area contributed by atoms with Crippen molar-refractivity contribution < 1.29 is 27.9 Å². The molecule has 2 fully saturated rings. The van der Waals surface area contributed by atoms with Gasteiger partial charge in [-0.15, -0.1) is 0 Å². The molecule has 348 valence electrons. The van der Waals surface area contributed by atoms with Gasteiger partial charge in [-0.05, 0) is 54.6 Å². The van der Waals surface area contributed by atoms with Gasteiger partial charge < -0.3 is 28.5 Å². The lowest BCUT2D eigenvalue weighted by atomic mass is 9.98. The van der Waals surface area contributed by atoms with E-state index in [-0.39, 0.29) is 34.9 Å². The first-order chi connectivity index (χ1) is 28.6. The van der Waals surface area contributed by atoms with Gasteiger partial charge >= 0.3 is 5.69 Å². The molecule has 0 saturated carbocycles. The van der Waals surface area contributed by atoms with Gasteiger partial charge in [-0.3, -0.25) is 23.9 Å². The fourth-order valence-corrected chi connectivity index (χ4v) is 10.3. The third kappa shape index (κ3) is 14.9. The van der Waals surface area contributed by atoms with E-state index in [2.05, 4.69) is 95.0 Å². The molecule has 61 heavy (non-hydrogen) atoms. The van der Waals surface area contributed by atoms with Gasteiger partial charge in [0.2, 0.25) is 11.8 Å². The Balaban J connectivity index is 1.92. The zero-order valence-corrected chi connectivity index (χ0v) is 41.7. The van der Waals surface area contributed by atoms with Crippen LogP contribution in [0.3, 0.4) is 0 Å². The maximum atomic E-state index is 14.5. The van der Waals surface area contributed by atoms with E-state index in [0.717, 1.165) is 19.3 Å². The molecule has 2 amide bonds. The average Bonchev–Trinajstić information content (AvgIpc) is 3.70. The lowest BCUT2D eigenvalue weighted by Gasteiger charge is -2.44. The SMILES string of the molecule is CCCCCCCCCCCCCCCCNC(=O)[C@@H]1[C@@H]([C@H]2O[C@@H](n3ccc(=O)[nH]c3=O)[C@H](O[Si](C)(C)C(C)(C)C)[C@@H]2O[Si](C)(C)C(C)(C)C)O[C@H](CCN=[N+]=[N-])N1C(C)=O. The molecule has 1 aromatic rings. The van der Waals surface area contributed by atoms with Crippen molar-refractivity contribution in [1.82, 2.24) is 19.8 Å². The second-order valence-corrected chi connectivity index (χ2v) is 29.8. The number of hydrogen-bond donors (Lipinski definition) is 2. The number of nitrogens with one attached hydrogen (secondary N) is 2. The zero-order valence-electron chi connectivity index (χ0n) is 39.7. The molecule has 2 saturated heterocycles. The van der Waals surface area contributed by atoms with Gasteiger partial charge in [0.05, 0.1) is 0 Å². The van der Waals surface area contributed by atoms with Crippen LogP contribution in [0.4, 0.5) is 0 Å². The molecule has 0 unspecified atom stereocenters. The molecule has 7 atom stereocenters. The highest BCUT2D eigenvalue weighted by atomic mass is 28.4. The van der Waals surface area contributed by atoms with Gasteiger partial charge in [0.25, 0.3) is 5.56 Å². The lowest BCUT2D eigenvalue weighted by Crippen LogP contribution is -2.58. The molecular formula is C44H81N7O8Si2. The van der Waals surface area contributed by atoms with Crippen LogP contribution in [0.2, 0.25) is 36.3 Å². The largest absolute Gasteiger partial charge is 0.408 e. The number of ether oxygens (including phenoxy) is 2. The Labute approximate surface area is 367 Å². The monoisotopic (exact) mass is 892 g/mol. The van der Waals surface area contributed by atoms with Crippen LogP contribution in [0.5, 0.6) is 0 Å². The molecule has 0 spiro atoms. The Morgan fingerprint density at radius 3 is 1.80 bits per heavy atom. The summed E-state index contributed by atoms with van der Waals surface area (Å²) in [6.07, 6.45) is 12.9. The van der Waals surface area contributed by atoms with Crippen molar-refractivity contribution in [2.75, 3.05) is 13.1 Å². The van der Waals surface area contributed by atoms with Crippen LogP contribution in [0.25, 0.3) is 10.4 Å². The lowest BCUT2D eigenvalue weighted by molar-refractivity contribution is -0.140. The molecule has 17 heteroatoms. The smallest absolute Gasteiger partial charge is 0.330 e. The van der Waals surface area contributed by atoms with Gasteiger partial charge in [-0.25, -0.2) is 4.79 Å². The number of rotatable bonds is 25. The van der Waals surface area contributed by atoms with Gasteiger partial charge in [0, 0.05) is 37.2 Å². The number of nitrogens with zero attached hydrogens (tertiary/aromatic N) is 5. The molecule has 3 heterocycles. The van der Waals surface area contributed by atoms with E-state index in [1.165, 1.54) is 99.3 Å². The number of H-pyrrole nitrogens is 1. The van der Waals surface area contributed by atoms with Crippen LogP contribution >= 0.6 is 0 Å². The molecule has 0 aromatic carbocycles. The first kappa shape index (κ1) is 52.5. The summed E-state index contributed by atoms with van der Waals surface area (Å²) in [5.41, 5.74) is 7.85. The van der Waals surface area contributed by atoms with E-state index < -0.39 is 70.8 Å². The summed E-state index contributed by atoms with van der Waals surface area (Å²) in [6, 6.07) is 0.129. The molecule has 0 aliphatic carbocycles. The summed E-state index contributed by atoms with van der Waals surface area (Å²) in [4.78, 5) is 60.5. The van der Waals surface area contributed by atoms with Crippen LogP contribution in [-0.4, -0.2) is 92.7 Å². The predicted octanol–water partition coefficient (Wildman–Crippen LogP) is 9.45. The van der Waals surface area contributed by atoms with Crippen molar-refractivity contribution in [3.05, 3.63) is 43.5 Å². The summed E-state index contributed by atoms with van der Waals surface area (Å²) in [6.45, 7) is 25.3. The first-order valence-electron chi connectivity index (χ1n) is 23.1. The Morgan fingerprint density at radius 2 is 1.33 bits per heavy atom. The molecule has 1 aromatic heterocycles. The summed E-state index contributed by atoms with van der Waals surface area (Å²) < 4.78 is 29.4. The van der Waals surface area contributed by atoms with E-state index in [1.807, 2.05) is 0 Å². The minimum absolute atomic E-state index is 0.0347. The van der Waals surface area contributed by atoms with Gasteiger partial charge in [0.1, 0.15) is 36.7 Å². The molecule has 15 nitrogen and oxygen atoms in total. The van der Waals surface area contributed by atoms with Gasteiger partial charge in [-0.1, -0.05) is 137 Å². The normalized spacial score (nSPS) is 23.6. The molecular weight excluding hydrogens is 811 g/mol. The van der Waals surface area contributed by atoms with Crippen molar-refractivity contribution in [3.63, 3.8) is 0 Å². The second-order valence-electron chi connectivity index (χ2n) is 20.3. The van der Waals surface area contributed by atoms with Crippen molar-refractivity contribution in [2.24, 2.45) is 5.11 Å². The minimum Gasteiger partial charge on any atom is -0.408 e. The Morgan fingerprint density at radius 1 is 0.820 bits per heavy atom. The number of aromatic amines is 1. The molecule has 3 rings (SSSR count). The van der Waals surface area contributed by atoms with E-state index in [4.69, 9.17) is 23.9 Å². The predicted molar refractivity (Wildman–Crippen MR) is 246 cm³/mol. The standard InChI is InChI=1S/C44H81N7O8Si2/c1-13-14-15-16-17-18-19-20-21-22-23-24-25-26-29-46-40(54)35-36(56-34(27-30-47-49-45)51(35)32(2)52)37-38(58-60(9,10)43(3,4)5)39(59-61(11,12)44(6,7)8)41(57-37)50-31-28-33(53)48-42(50)55/h28,31,34-39,41H,13-27,29-30H2,1-12H3,(H,46,54)(H,48,53,55)/t34-,35+,36+,37-,38-,39-,41-/m1/s1. The van der Waals surface area contributed by atoms with Crippen LogP contribution in [0.15, 0.2) is 27.0 Å². The quantitative estimate of drug-likeness (QED) is 0.0319. The highest BCUT2D eigenvalue weighted by Gasteiger charge is 2.61. The Hall–Kier alpha value is -2.80. The summed E-state index contributed by atoms with van der Waals surface area (Å²) in [5.74, 6) is -0.769. The number of carbonyl (C=O) groups is 2. The van der Waals surface area contributed by atoms with Gasteiger partial charge in [0.15, 0.2) is 22.9 Å². The summed E-state index contributed by atoms with van der Waals surface area (Å²) >= 11 is 0. The molecule has 2 N–H and O–H groups in total. The zero-order chi connectivity index (χ0) is 45.6. The van der Waals surface area contributed by atoms with Crippen molar-refractivity contribution in [3.8, 4) is 0 Å². The van der Waals surface area contributed by atoms with E-state index in [1.54, 1.807) is 0 Å². The third-order valence-corrected chi connectivity index (χ3v) is 22.3. The number of aromatic nitrogens is 2. The van der Waals surface area contributed by atoms with E-state index >= 15 is 0 Å². The fourth-order valence-electron chi connectivity index (χ4n) is 7.72. The van der Waals surface area contributed by atoms with Crippen molar-refractivity contribution in [1.29, 1.82) is 0 Å². The molecule has 2 aliphatic heterocycles. The third-order valence-electron chi connectivity index (χ3n) is 13.4. The topological polar surface area (TPSA) is 190 Å². The average molecular weight is 892 g/mol. The highest BCUT2D eigenvalue weighted by Crippen LogP contribution is 2.47. The number of unbranched alkanes of at least 4 members (excludes halogenated alkanes) is 13. The van der Waals surface area contributed by atoms with E-state index in [0.29, 0.717) is 6.54 Å². The van der Waals surface area contributed by atoms with Gasteiger partial charge in [-0.2, -0.15) is 0 Å². The van der Waals surface area contributed by atoms with Crippen molar-refractivity contribution >= 4 is 28.4 Å². The minimum atomic E-state index is -2.65. The number of amides is 2. The van der Waals surface area contributed by atoms with Crippen molar-refractivity contribution in [2.45, 2.75) is 231 Å². The van der Waals surface area contributed by atoms with Crippen LogP contribution in [0, 0.1) is 0 Å². The summed E-state index contributed by atoms with van der Waals surface area (Å²) in [5, 5.41) is 6.31. The maximum absolute atomic E-state index is 14.5. The molecule has 0 radical (unpaired) electrons. The maximum Gasteiger partial charge on any atom is 0.330 e. The number of azide groups is 1. The molecule has 0 bridgehead atoms. The Kier molecular flexibility index (Phi) is 20.5.